The number of nitrogens with zero attached hydrogens (tertiary/aromatic N) is 1. The van der Waals surface area contributed by atoms with E-state index < -0.39 is 0 Å². The minimum absolute atomic E-state index is 0.0803. The zero-order valence-corrected chi connectivity index (χ0v) is 14.4. The summed E-state index contributed by atoms with van der Waals surface area (Å²) in [6.07, 6.45) is 1.78. The van der Waals surface area contributed by atoms with Gasteiger partial charge in [-0.15, -0.1) is 0 Å². The van der Waals surface area contributed by atoms with E-state index in [1.165, 1.54) is 0 Å². The number of carbonyl (C=O) groups excluding carboxylic acids is 1. The summed E-state index contributed by atoms with van der Waals surface area (Å²) in [5.74, 6) is 0.0803. The number of benzene rings is 2. The molecule has 0 radical (unpaired) electrons. The van der Waals surface area contributed by atoms with Crippen molar-refractivity contribution in [3.05, 3.63) is 69.7 Å². The Kier molecular flexibility index (Phi) is 4.23. The highest BCUT2D eigenvalue weighted by atomic mass is 79.9. The largest absolute Gasteiger partial charge is 0.349 e. The monoisotopic (exact) mass is 368 g/mol. The van der Waals surface area contributed by atoms with E-state index in [1.54, 1.807) is 12.1 Å². The molecule has 4 heteroatoms. The zero-order valence-electron chi connectivity index (χ0n) is 12.8. The van der Waals surface area contributed by atoms with E-state index in [2.05, 4.69) is 27.3 Å². The molecule has 116 valence electrons. The first-order valence-corrected chi connectivity index (χ1v) is 8.41. The van der Waals surface area contributed by atoms with Gasteiger partial charge in [0.25, 0.3) is 0 Å². The van der Waals surface area contributed by atoms with Crippen molar-refractivity contribution in [3.8, 4) is 6.07 Å². The Hall–Kier alpha value is -2.12. The molecule has 0 aliphatic heterocycles. The minimum Gasteiger partial charge on any atom is -0.349 e. The molecule has 2 aromatic rings. The molecule has 1 atom stereocenters. The van der Waals surface area contributed by atoms with Crippen LogP contribution in [-0.2, 0) is 10.2 Å². The quantitative estimate of drug-likeness (QED) is 0.877. The molecule has 1 fully saturated rings. The first kappa shape index (κ1) is 15.8. The molecule has 0 heterocycles. The van der Waals surface area contributed by atoms with Gasteiger partial charge in [0.05, 0.1) is 23.1 Å². The molecular formula is C19H17BrN2O. The van der Waals surface area contributed by atoms with E-state index in [1.807, 2.05) is 43.3 Å². The Balaban J connectivity index is 1.73. The third-order valence-corrected chi connectivity index (χ3v) is 5.00. The molecule has 3 nitrogen and oxygen atoms in total. The summed E-state index contributed by atoms with van der Waals surface area (Å²) in [4.78, 5) is 12.7. The van der Waals surface area contributed by atoms with Crippen molar-refractivity contribution >= 4 is 21.8 Å². The molecule has 0 saturated heterocycles. The van der Waals surface area contributed by atoms with Gasteiger partial charge in [-0.1, -0.05) is 40.2 Å². The standard InChI is InChI=1S/C19H17BrN2O/c1-13(15-4-2-14(12-21)3-5-15)22-18(23)19(10-11-19)16-6-8-17(20)9-7-16/h2-9,13H,10-11H2,1H3,(H,22,23). The van der Waals surface area contributed by atoms with Crippen molar-refractivity contribution in [2.45, 2.75) is 31.2 Å². The molecule has 2 aromatic carbocycles. The fourth-order valence-electron chi connectivity index (χ4n) is 2.81. The van der Waals surface area contributed by atoms with Crippen molar-refractivity contribution in [1.29, 1.82) is 5.26 Å². The summed E-state index contributed by atoms with van der Waals surface area (Å²) in [6.45, 7) is 1.97. The third kappa shape index (κ3) is 3.16. The summed E-state index contributed by atoms with van der Waals surface area (Å²) in [7, 11) is 0. The maximum Gasteiger partial charge on any atom is 0.231 e. The van der Waals surface area contributed by atoms with Crippen LogP contribution in [0, 0.1) is 11.3 Å². The third-order valence-electron chi connectivity index (χ3n) is 4.47. The fraction of sp³-hybridized carbons (Fsp3) is 0.263. The smallest absolute Gasteiger partial charge is 0.231 e. The van der Waals surface area contributed by atoms with Gasteiger partial charge < -0.3 is 5.32 Å². The predicted octanol–water partition coefficient (Wildman–Crippen LogP) is 4.23. The Bertz CT molecular complexity index is 755. The predicted molar refractivity (Wildman–Crippen MR) is 92.8 cm³/mol. The number of hydrogen-bond acceptors (Lipinski definition) is 2. The summed E-state index contributed by atoms with van der Waals surface area (Å²) in [5.41, 5.74) is 2.33. The molecule has 0 aromatic heterocycles. The summed E-state index contributed by atoms with van der Waals surface area (Å²) in [6, 6.07) is 17.4. The summed E-state index contributed by atoms with van der Waals surface area (Å²) < 4.78 is 1.02. The fourth-order valence-corrected chi connectivity index (χ4v) is 3.07. The van der Waals surface area contributed by atoms with Crippen LogP contribution in [0.5, 0.6) is 0 Å². The van der Waals surface area contributed by atoms with Crippen LogP contribution in [0.25, 0.3) is 0 Å². The Morgan fingerprint density at radius 2 is 1.78 bits per heavy atom. The maximum absolute atomic E-state index is 12.7. The van der Waals surface area contributed by atoms with E-state index in [-0.39, 0.29) is 17.4 Å². The molecular weight excluding hydrogens is 352 g/mol. The lowest BCUT2D eigenvalue weighted by Crippen LogP contribution is -2.36. The Labute approximate surface area is 144 Å². The second-order valence-electron chi connectivity index (χ2n) is 6.02. The highest BCUT2D eigenvalue weighted by Gasteiger charge is 2.51. The van der Waals surface area contributed by atoms with Gasteiger partial charge in [0, 0.05) is 4.47 Å². The van der Waals surface area contributed by atoms with Gasteiger partial charge in [-0.2, -0.15) is 5.26 Å². The normalized spacial score (nSPS) is 16.2. The minimum atomic E-state index is -0.373. The van der Waals surface area contributed by atoms with Crippen molar-refractivity contribution < 1.29 is 4.79 Å². The van der Waals surface area contributed by atoms with Gasteiger partial charge in [0.1, 0.15) is 0 Å². The van der Waals surface area contributed by atoms with Crippen LogP contribution in [0.15, 0.2) is 53.0 Å². The maximum atomic E-state index is 12.7. The van der Waals surface area contributed by atoms with Crippen LogP contribution >= 0.6 is 15.9 Å². The molecule has 1 unspecified atom stereocenters. The van der Waals surface area contributed by atoms with Crippen molar-refractivity contribution in [2.75, 3.05) is 0 Å². The lowest BCUT2D eigenvalue weighted by atomic mass is 9.94. The first-order chi connectivity index (χ1) is 11.0. The Morgan fingerprint density at radius 1 is 1.17 bits per heavy atom. The van der Waals surface area contributed by atoms with Gasteiger partial charge in [0.2, 0.25) is 5.91 Å². The first-order valence-electron chi connectivity index (χ1n) is 7.62. The molecule has 1 aliphatic carbocycles. The van der Waals surface area contributed by atoms with E-state index in [4.69, 9.17) is 5.26 Å². The molecule has 1 aliphatic rings. The average Bonchev–Trinajstić information content (AvgIpc) is 3.37. The average molecular weight is 369 g/mol. The molecule has 23 heavy (non-hydrogen) atoms. The molecule has 1 saturated carbocycles. The van der Waals surface area contributed by atoms with Gasteiger partial charge in [0.15, 0.2) is 0 Å². The van der Waals surface area contributed by atoms with Crippen LogP contribution in [0.1, 0.15) is 42.5 Å². The number of nitriles is 1. The molecule has 1 N–H and O–H groups in total. The summed E-state index contributed by atoms with van der Waals surface area (Å²) >= 11 is 3.43. The van der Waals surface area contributed by atoms with Gasteiger partial charge in [-0.25, -0.2) is 0 Å². The van der Waals surface area contributed by atoms with Crippen LogP contribution < -0.4 is 5.32 Å². The van der Waals surface area contributed by atoms with Crippen molar-refractivity contribution in [3.63, 3.8) is 0 Å². The SMILES string of the molecule is CC(NC(=O)C1(c2ccc(Br)cc2)CC1)c1ccc(C#N)cc1. The van der Waals surface area contributed by atoms with Crippen LogP contribution in [0.4, 0.5) is 0 Å². The number of rotatable bonds is 4. The van der Waals surface area contributed by atoms with Crippen LogP contribution in [0.2, 0.25) is 0 Å². The van der Waals surface area contributed by atoms with E-state index >= 15 is 0 Å². The zero-order chi connectivity index (χ0) is 16.4. The Morgan fingerprint density at radius 3 is 2.30 bits per heavy atom. The van der Waals surface area contributed by atoms with E-state index in [0.717, 1.165) is 28.4 Å². The molecule has 0 bridgehead atoms. The second-order valence-corrected chi connectivity index (χ2v) is 6.93. The number of amides is 1. The van der Waals surface area contributed by atoms with Crippen molar-refractivity contribution in [1.82, 2.24) is 5.32 Å². The highest BCUT2D eigenvalue weighted by molar-refractivity contribution is 9.10. The van der Waals surface area contributed by atoms with E-state index in [9.17, 15) is 4.79 Å². The number of carbonyl (C=O) groups is 1. The lowest BCUT2D eigenvalue weighted by Gasteiger charge is -2.20. The molecule has 3 rings (SSSR count). The second kappa shape index (κ2) is 6.17. The van der Waals surface area contributed by atoms with Crippen LogP contribution in [0.3, 0.4) is 0 Å². The number of halogens is 1. The summed E-state index contributed by atoms with van der Waals surface area (Å²) in [5, 5.41) is 12.0. The van der Waals surface area contributed by atoms with E-state index in [0.29, 0.717) is 5.56 Å². The molecule has 0 spiro atoms. The number of hydrogen-bond donors (Lipinski definition) is 1. The van der Waals surface area contributed by atoms with Crippen molar-refractivity contribution in [2.24, 2.45) is 0 Å². The highest BCUT2D eigenvalue weighted by Crippen LogP contribution is 2.48. The van der Waals surface area contributed by atoms with Crippen LogP contribution in [-0.4, -0.2) is 5.91 Å². The van der Waals surface area contributed by atoms with Gasteiger partial charge in [-0.3, -0.25) is 4.79 Å². The van der Waals surface area contributed by atoms with Gasteiger partial charge >= 0.3 is 0 Å². The lowest BCUT2D eigenvalue weighted by molar-refractivity contribution is -0.124. The topological polar surface area (TPSA) is 52.9 Å². The van der Waals surface area contributed by atoms with Gasteiger partial charge in [-0.05, 0) is 55.2 Å². The molecule has 1 amide bonds. The number of nitrogens with one attached hydrogen (secondary N) is 1.